The van der Waals surface area contributed by atoms with Crippen molar-refractivity contribution in [1.29, 1.82) is 0 Å². The number of carbonyl (C=O) groups is 1. The van der Waals surface area contributed by atoms with Crippen molar-refractivity contribution in [2.45, 2.75) is 13.8 Å². The molecule has 0 radical (unpaired) electrons. The predicted molar refractivity (Wildman–Crippen MR) is 77.0 cm³/mol. The summed E-state index contributed by atoms with van der Waals surface area (Å²) in [6.45, 7) is 3.78. The molecule has 0 aliphatic rings. The number of nitrogens with zero attached hydrogens (tertiary/aromatic N) is 4. The van der Waals surface area contributed by atoms with Crippen LogP contribution in [0.3, 0.4) is 0 Å². The van der Waals surface area contributed by atoms with Crippen LogP contribution in [0, 0.1) is 13.8 Å². The smallest absolute Gasteiger partial charge is 0.341 e. The molecule has 0 unspecified atom stereocenters. The Morgan fingerprint density at radius 3 is 2.81 bits per heavy atom. The minimum absolute atomic E-state index is 0.414. The third-order valence-corrected chi connectivity index (χ3v) is 3.29. The summed E-state index contributed by atoms with van der Waals surface area (Å²) in [5.41, 5.74) is 3.45. The van der Waals surface area contributed by atoms with E-state index in [1.165, 1.54) is 7.11 Å². The first-order valence-corrected chi connectivity index (χ1v) is 6.47. The highest BCUT2D eigenvalue weighted by atomic mass is 16.5. The first kappa shape index (κ1) is 13.2. The third kappa shape index (κ3) is 2.14. The lowest BCUT2D eigenvalue weighted by Crippen LogP contribution is -2.09. The average Bonchev–Trinajstić information content (AvgIpc) is 2.93. The summed E-state index contributed by atoms with van der Waals surface area (Å²) in [5.74, 6) is 0.115. The van der Waals surface area contributed by atoms with Gasteiger partial charge in [0.15, 0.2) is 11.5 Å². The van der Waals surface area contributed by atoms with Crippen molar-refractivity contribution in [3.05, 3.63) is 47.4 Å². The van der Waals surface area contributed by atoms with Crippen LogP contribution in [0.15, 0.2) is 30.6 Å². The number of aryl methyl sites for hydroxylation is 2. The monoisotopic (exact) mass is 282 g/mol. The summed E-state index contributed by atoms with van der Waals surface area (Å²) in [6, 6.07) is 5.59. The van der Waals surface area contributed by atoms with Crippen LogP contribution in [-0.4, -0.2) is 32.7 Å². The van der Waals surface area contributed by atoms with Crippen molar-refractivity contribution in [2.75, 3.05) is 7.11 Å². The molecule has 106 valence electrons. The van der Waals surface area contributed by atoms with Gasteiger partial charge in [0.1, 0.15) is 5.56 Å². The van der Waals surface area contributed by atoms with Crippen molar-refractivity contribution >= 4 is 11.6 Å². The fourth-order valence-corrected chi connectivity index (χ4v) is 2.31. The Labute approximate surface area is 121 Å². The summed E-state index contributed by atoms with van der Waals surface area (Å²) in [7, 11) is 1.36. The van der Waals surface area contributed by atoms with Gasteiger partial charge in [0, 0.05) is 23.7 Å². The predicted octanol–water partition coefficient (Wildman–Crippen LogP) is 2.19. The Morgan fingerprint density at radius 2 is 2.14 bits per heavy atom. The second kappa shape index (κ2) is 4.97. The van der Waals surface area contributed by atoms with Crippen LogP contribution < -0.4 is 0 Å². The van der Waals surface area contributed by atoms with Gasteiger partial charge in [-0.1, -0.05) is 0 Å². The molecule has 6 nitrogen and oxygen atoms in total. The molecule has 3 rings (SSSR count). The lowest BCUT2D eigenvalue weighted by molar-refractivity contribution is 0.0601. The van der Waals surface area contributed by atoms with Crippen molar-refractivity contribution < 1.29 is 9.53 Å². The highest BCUT2D eigenvalue weighted by Crippen LogP contribution is 2.21. The molecule has 0 aliphatic carbocycles. The van der Waals surface area contributed by atoms with Crippen molar-refractivity contribution in [2.24, 2.45) is 0 Å². The molecule has 0 spiro atoms. The van der Waals surface area contributed by atoms with Crippen LogP contribution in [-0.2, 0) is 4.74 Å². The zero-order valence-electron chi connectivity index (χ0n) is 12.0. The van der Waals surface area contributed by atoms with E-state index in [1.807, 2.05) is 32.0 Å². The summed E-state index contributed by atoms with van der Waals surface area (Å²) >= 11 is 0. The summed E-state index contributed by atoms with van der Waals surface area (Å²) in [4.78, 5) is 20.5. The number of ether oxygens (including phenoxy) is 1. The molecule has 3 aromatic heterocycles. The second-order valence-corrected chi connectivity index (χ2v) is 4.75. The molecule has 0 amide bonds. The molecule has 0 bridgehead atoms. The standard InChI is InChI=1S/C15H14N4O2/c1-9-7-10(2)19-14(12(9)15(20)21-3)17-13(18-19)11-5-4-6-16-8-11/h4-8H,1-3H3. The van der Waals surface area contributed by atoms with E-state index in [1.54, 1.807) is 16.9 Å². The minimum Gasteiger partial charge on any atom is -0.465 e. The molecule has 0 atom stereocenters. The van der Waals surface area contributed by atoms with Gasteiger partial charge in [0.2, 0.25) is 0 Å². The normalized spacial score (nSPS) is 10.8. The Balaban J connectivity index is 2.30. The number of pyridine rings is 2. The highest BCUT2D eigenvalue weighted by molar-refractivity contribution is 5.97. The maximum absolute atomic E-state index is 12.0. The van der Waals surface area contributed by atoms with Gasteiger partial charge in [0.05, 0.1) is 7.11 Å². The highest BCUT2D eigenvalue weighted by Gasteiger charge is 2.19. The van der Waals surface area contributed by atoms with Crippen molar-refractivity contribution in [3.8, 4) is 11.4 Å². The average molecular weight is 282 g/mol. The molecule has 0 aliphatic heterocycles. The van der Waals surface area contributed by atoms with Gasteiger partial charge in [-0.25, -0.2) is 14.3 Å². The van der Waals surface area contributed by atoms with E-state index >= 15 is 0 Å². The van der Waals surface area contributed by atoms with E-state index in [0.29, 0.717) is 17.0 Å². The lowest BCUT2D eigenvalue weighted by Gasteiger charge is -2.06. The van der Waals surface area contributed by atoms with E-state index in [2.05, 4.69) is 15.1 Å². The van der Waals surface area contributed by atoms with E-state index in [-0.39, 0.29) is 0 Å². The first-order chi connectivity index (χ1) is 10.1. The number of carbonyl (C=O) groups excluding carboxylic acids is 1. The number of esters is 1. The molecule has 21 heavy (non-hydrogen) atoms. The van der Waals surface area contributed by atoms with Crippen LogP contribution in [0.4, 0.5) is 0 Å². The quantitative estimate of drug-likeness (QED) is 0.674. The molecule has 0 saturated carbocycles. The summed E-state index contributed by atoms with van der Waals surface area (Å²) in [6.07, 6.45) is 3.38. The number of fused-ring (bicyclic) bond motifs is 1. The van der Waals surface area contributed by atoms with E-state index < -0.39 is 5.97 Å². The first-order valence-electron chi connectivity index (χ1n) is 6.47. The lowest BCUT2D eigenvalue weighted by atomic mass is 10.1. The van der Waals surface area contributed by atoms with E-state index in [9.17, 15) is 4.79 Å². The van der Waals surface area contributed by atoms with Gasteiger partial charge in [-0.2, -0.15) is 0 Å². The van der Waals surface area contributed by atoms with Crippen LogP contribution in [0.5, 0.6) is 0 Å². The van der Waals surface area contributed by atoms with Gasteiger partial charge >= 0.3 is 5.97 Å². The number of hydrogen-bond donors (Lipinski definition) is 0. The molecule has 6 heteroatoms. The van der Waals surface area contributed by atoms with Gasteiger partial charge in [-0.3, -0.25) is 4.98 Å². The van der Waals surface area contributed by atoms with Crippen LogP contribution in [0.25, 0.3) is 17.0 Å². The zero-order valence-corrected chi connectivity index (χ0v) is 12.0. The summed E-state index contributed by atoms with van der Waals surface area (Å²) < 4.78 is 6.50. The van der Waals surface area contributed by atoms with Crippen molar-refractivity contribution in [1.82, 2.24) is 19.6 Å². The topological polar surface area (TPSA) is 69.4 Å². The fraction of sp³-hybridized carbons (Fsp3) is 0.200. The zero-order chi connectivity index (χ0) is 15.0. The number of hydrogen-bond acceptors (Lipinski definition) is 5. The molecule has 0 saturated heterocycles. The molecular weight excluding hydrogens is 268 g/mol. The van der Waals surface area contributed by atoms with Gasteiger partial charge in [-0.05, 0) is 37.6 Å². The van der Waals surface area contributed by atoms with E-state index in [0.717, 1.165) is 16.8 Å². The SMILES string of the molecule is COC(=O)c1c(C)cc(C)n2nc(-c3cccnc3)nc12. The number of rotatable bonds is 2. The van der Waals surface area contributed by atoms with Gasteiger partial charge in [-0.15, -0.1) is 5.10 Å². The molecule has 0 N–H and O–H groups in total. The second-order valence-electron chi connectivity index (χ2n) is 4.75. The maximum Gasteiger partial charge on any atom is 0.341 e. The summed E-state index contributed by atoms with van der Waals surface area (Å²) in [5, 5.41) is 4.46. The van der Waals surface area contributed by atoms with Gasteiger partial charge < -0.3 is 4.74 Å². The molecule has 0 aromatic carbocycles. The maximum atomic E-state index is 12.0. The van der Waals surface area contributed by atoms with E-state index in [4.69, 9.17) is 4.74 Å². The third-order valence-electron chi connectivity index (χ3n) is 3.29. The molecule has 0 fully saturated rings. The largest absolute Gasteiger partial charge is 0.465 e. The Kier molecular flexibility index (Phi) is 3.13. The molecule has 3 heterocycles. The Bertz CT molecular complexity index is 825. The van der Waals surface area contributed by atoms with Crippen LogP contribution in [0.1, 0.15) is 21.6 Å². The molecule has 3 aromatic rings. The Hall–Kier alpha value is -2.76. The van der Waals surface area contributed by atoms with Crippen molar-refractivity contribution in [3.63, 3.8) is 0 Å². The van der Waals surface area contributed by atoms with Crippen LogP contribution in [0.2, 0.25) is 0 Å². The fourth-order valence-electron chi connectivity index (χ4n) is 2.31. The molecular formula is C15H14N4O2. The Morgan fingerprint density at radius 1 is 1.33 bits per heavy atom. The van der Waals surface area contributed by atoms with Gasteiger partial charge in [0.25, 0.3) is 0 Å². The number of aromatic nitrogens is 4. The number of methoxy groups -OCH3 is 1. The minimum atomic E-state index is -0.414. The van der Waals surface area contributed by atoms with Crippen LogP contribution >= 0.6 is 0 Å².